The quantitative estimate of drug-likeness (QED) is 0.744. The van der Waals surface area contributed by atoms with Crippen LogP contribution in [0.15, 0.2) is 18.2 Å². The lowest BCUT2D eigenvalue weighted by Crippen LogP contribution is -2.29. The van der Waals surface area contributed by atoms with E-state index in [1.54, 1.807) is 37.3 Å². The molecule has 0 bridgehead atoms. The predicted molar refractivity (Wildman–Crippen MR) is 68.0 cm³/mol. The lowest BCUT2D eigenvalue weighted by molar-refractivity contribution is -0.146. The average molecular weight is 253 g/mol. The Morgan fingerprint density at radius 1 is 1.17 bits per heavy atom. The van der Waals surface area contributed by atoms with E-state index in [-0.39, 0.29) is 5.97 Å². The first-order valence-corrected chi connectivity index (χ1v) is 5.51. The molecule has 1 aromatic rings. The van der Waals surface area contributed by atoms with Crippen LogP contribution in [-0.2, 0) is 9.53 Å². The molecule has 0 aromatic heterocycles. The van der Waals surface area contributed by atoms with Crippen LogP contribution in [0.5, 0.6) is 11.5 Å². The fourth-order valence-corrected chi connectivity index (χ4v) is 1.77. The smallest absolute Gasteiger partial charge is 0.327 e. The van der Waals surface area contributed by atoms with E-state index in [2.05, 4.69) is 0 Å². The van der Waals surface area contributed by atoms with E-state index in [4.69, 9.17) is 14.2 Å². The second kappa shape index (κ2) is 6.26. The van der Waals surface area contributed by atoms with E-state index in [1.807, 2.05) is 14.1 Å². The third-order valence-corrected chi connectivity index (χ3v) is 2.68. The number of hydrogen-bond acceptors (Lipinski definition) is 5. The number of methoxy groups -OCH3 is 3. The van der Waals surface area contributed by atoms with Gasteiger partial charge in [0.05, 0.1) is 21.3 Å². The Hall–Kier alpha value is -1.75. The van der Waals surface area contributed by atoms with Gasteiger partial charge in [0.15, 0.2) is 0 Å². The molecule has 0 heterocycles. The Labute approximate surface area is 107 Å². The molecule has 1 aromatic carbocycles. The zero-order valence-corrected chi connectivity index (χ0v) is 11.4. The van der Waals surface area contributed by atoms with Crippen molar-refractivity contribution in [2.75, 3.05) is 35.4 Å². The van der Waals surface area contributed by atoms with Crippen molar-refractivity contribution in [2.24, 2.45) is 0 Å². The van der Waals surface area contributed by atoms with Gasteiger partial charge in [-0.1, -0.05) is 0 Å². The minimum Gasteiger partial charge on any atom is -0.497 e. The standard InChI is InChI=1S/C13H19NO4/c1-14(2)12(13(15)18-5)10-7-6-9(16-3)8-11(10)17-4/h6-8,12H,1-5H3. The Morgan fingerprint density at radius 2 is 1.83 bits per heavy atom. The number of ether oxygens (including phenoxy) is 3. The van der Waals surface area contributed by atoms with Crippen molar-refractivity contribution >= 4 is 5.97 Å². The zero-order valence-electron chi connectivity index (χ0n) is 11.4. The summed E-state index contributed by atoms with van der Waals surface area (Å²) < 4.78 is 15.2. The monoisotopic (exact) mass is 253 g/mol. The summed E-state index contributed by atoms with van der Waals surface area (Å²) in [4.78, 5) is 13.6. The van der Waals surface area contributed by atoms with Crippen LogP contribution in [0.2, 0.25) is 0 Å². The second-order valence-corrected chi connectivity index (χ2v) is 4.00. The molecule has 5 nitrogen and oxygen atoms in total. The van der Waals surface area contributed by atoms with Crippen molar-refractivity contribution in [3.63, 3.8) is 0 Å². The van der Waals surface area contributed by atoms with Crippen LogP contribution < -0.4 is 9.47 Å². The Bertz CT molecular complexity index is 417. The summed E-state index contributed by atoms with van der Waals surface area (Å²) in [7, 11) is 8.13. The Morgan fingerprint density at radius 3 is 2.28 bits per heavy atom. The Kier molecular flexibility index (Phi) is 4.97. The average Bonchev–Trinajstić information content (AvgIpc) is 2.38. The molecule has 0 N–H and O–H groups in total. The molecule has 1 atom stereocenters. The van der Waals surface area contributed by atoms with Crippen molar-refractivity contribution in [2.45, 2.75) is 6.04 Å². The molecule has 0 aliphatic carbocycles. The van der Waals surface area contributed by atoms with Gasteiger partial charge in [0.1, 0.15) is 17.5 Å². The number of likely N-dealkylation sites (N-methyl/N-ethyl adjacent to an activating group) is 1. The highest BCUT2D eigenvalue weighted by Gasteiger charge is 2.27. The third-order valence-electron chi connectivity index (χ3n) is 2.68. The van der Waals surface area contributed by atoms with Gasteiger partial charge in [-0.2, -0.15) is 0 Å². The molecular weight excluding hydrogens is 234 g/mol. The van der Waals surface area contributed by atoms with Gasteiger partial charge in [-0.25, -0.2) is 4.79 Å². The number of hydrogen-bond donors (Lipinski definition) is 0. The molecule has 0 saturated carbocycles. The first-order valence-electron chi connectivity index (χ1n) is 5.51. The summed E-state index contributed by atoms with van der Waals surface area (Å²) in [5, 5.41) is 0. The molecular formula is C13H19NO4. The molecule has 0 radical (unpaired) electrons. The molecule has 18 heavy (non-hydrogen) atoms. The molecule has 1 rings (SSSR count). The van der Waals surface area contributed by atoms with Crippen molar-refractivity contribution < 1.29 is 19.0 Å². The van der Waals surface area contributed by atoms with Gasteiger partial charge in [0, 0.05) is 11.6 Å². The SMILES string of the molecule is COC(=O)C(c1ccc(OC)cc1OC)N(C)C. The maximum absolute atomic E-state index is 11.8. The van der Waals surface area contributed by atoms with Gasteiger partial charge < -0.3 is 14.2 Å². The molecule has 100 valence electrons. The van der Waals surface area contributed by atoms with Gasteiger partial charge in [0.25, 0.3) is 0 Å². The van der Waals surface area contributed by atoms with Crippen molar-refractivity contribution in [3.8, 4) is 11.5 Å². The summed E-state index contributed by atoms with van der Waals surface area (Å²) in [6, 6.07) is 4.83. The van der Waals surface area contributed by atoms with Crippen LogP contribution in [0, 0.1) is 0 Å². The molecule has 0 fully saturated rings. The lowest BCUT2D eigenvalue weighted by atomic mass is 10.0. The minimum atomic E-state index is -0.504. The highest BCUT2D eigenvalue weighted by atomic mass is 16.5. The van der Waals surface area contributed by atoms with E-state index in [0.717, 1.165) is 5.56 Å². The summed E-state index contributed by atoms with van der Waals surface area (Å²) in [6.07, 6.45) is 0. The lowest BCUT2D eigenvalue weighted by Gasteiger charge is -2.24. The zero-order chi connectivity index (χ0) is 13.7. The largest absolute Gasteiger partial charge is 0.497 e. The fourth-order valence-electron chi connectivity index (χ4n) is 1.77. The first kappa shape index (κ1) is 14.3. The molecule has 0 saturated heterocycles. The van der Waals surface area contributed by atoms with Crippen molar-refractivity contribution in [1.82, 2.24) is 4.90 Å². The number of rotatable bonds is 5. The normalized spacial score (nSPS) is 12.1. The summed E-state index contributed by atoms with van der Waals surface area (Å²) >= 11 is 0. The van der Waals surface area contributed by atoms with E-state index in [1.165, 1.54) is 7.11 Å². The van der Waals surface area contributed by atoms with Crippen molar-refractivity contribution in [1.29, 1.82) is 0 Å². The highest BCUT2D eigenvalue weighted by molar-refractivity contribution is 5.78. The van der Waals surface area contributed by atoms with E-state index in [0.29, 0.717) is 11.5 Å². The van der Waals surface area contributed by atoms with Crippen molar-refractivity contribution in [3.05, 3.63) is 23.8 Å². The molecule has 0 amide bonds. The van der Waals surface area contributed by atoms with Gasteiger partial charge >= 0.3 is 5.97 Å². The summed E-state index contributed by atoms with van der Waals surface area (Å²) in [6.45, 7) is 0. The number of esters is 1. The number of nitrogens with zero attached hydrogens (tertiary/aromatic N) is 1. The maximum Gasteiger partial charge on any atom is 0.327 e. The number of carbonyl (C=O) groups excluding carboxylic acids is 1. The molecule has 0 spiro atoms. The molecule has 0 aliphatic rings. The van der Waals surface area contributed by atoms with E-state index < -0.39 is 6.04 Å². The van der Waals surface area contributed by atoms with E-state index >= 15 is 0 Å². The van der Waals surface area contributed by atoms with Crippen LogP contribution in [0.25, 0.3) is 0 Å². The van der Waals surface area contributed by atoms with Gasteiger partial charge in [-0.3, -0.25) is 4.90 Å². The van der Waals surface area contributed by atoms with E-state index in [9.17, 15) is 4.79 Å². The van der Waals surface area contributed by atoms with Crippen LogP contribution in [-0.4, -0.2) is 46.3 Å². The van der Waals surface area contributed by atoms with Crippen LogP contribution in [0.4, 0.5) is 0 Å². The number of benzene rings is 1. The van der Waals surface area contributed by atoms with Crippen LogP contribution in [0.1, 0.15) is 11.6 Å². The topological polar surface area (TPSA) is 48.0 Å². The third kappa shape index (κ3) is 2.92. The second-order valence-electron chi connectivity index (χ2n) is 4.00. The first-order chi connectivity index (χ1) is 8.54. The van der Waals surface area contributed by atoms with Gasteiger partial charge in [-0.15, -0.1) is 0 Å². The molecule has 5 heteroatoms. The number of carbonyl (C=O) groups is 1. The highest BCUT2D eigenvalue weighted by Crippen LogP contribution is 2.32. The summed E-state index contributed by atoms with van der Waals surface area (Å²) in [5.74, 6) is 0.944. The summed E-state index contributed by atoms with van der Waals surface area (Å²) in [5.41, 5.74) is 0.746. The van der Waals surface area contributed by atoms with Gasteiger partial charge in [0.2, 0.25) is 0 Å². The molecule has 0 aliphatic heterocycles. The predicted octanol–water partition coefficient (Wildman–Crippen LogP) is 1.48. The maximum atomic E-state index is 11.8. The fraction of sp³-hybridized carbons (Fsp3) is 0.462. The van der Waals surface area contributed by atoms with Gasteiger partial charge in [-0.05, 0) is 26.2 Å². The Balaban J connectivity index is 3.23. The van der Waals surface area contributed by atoms with Crippen LogP contribution in [0.3, 0.4) is 0 Å². The molecule has 1 unspecified atom stereocenters. The minimum absolute atomic E-state index is 0.330. The van der Waals surface area contributed by atoms with Crippen LogP contribution >= 0.6 is 0 Å².